The fourth-order valence-electron chi connectivity index (χ4n) is 1.92. The molecule has 2 N–H and O–H groups in total. The summed E-state index contributed by atoms with van der Waals surface area (Å²) in [6.07, 6.45) is 3.38. The summed E-state index contributed by atoms with van der Waals surface area (Å²) < 4.78 is 18.0. The summed E-state index contributed by atoms with van der Waals surface area (Å²) in [6, 6.07) is 5.79. The quantitative estimate of drug-likeness (QED) is 0.902. The normalized spacial score (nSPS) is 16.8. The largest absolute Gasteiger partial charge is 0.337 e. The van der Waals surface area contributed by atoms with Gasteiger partial charge in [0.05, 0.1) is 6.04 Å². The van der Waals surface area contributed by atoms with Gasteiger partial charge in [-0.05, 0) is 36.6 Å². The standard InChI is InChI=1S/C13H14FN3O/c14-10-5-3-9(4-6-10)12-16-13(18-17-12)11(15)7-8-1-2-8/h3-6,8,11H,1-2,7,15H2/t11-/m0/s1. The van der Waals surface area contributed by atoms with E-state index in [2.05, 4.69) is 10.1 Å². The van der Waals surface area contributed by atoms with Crippen molar-refractivity contribution < 1.29 is 8.91 Å². The van der Waals surface area contributed by atoms with E-state index in [0.717, 1.165) is 12.0 Å². The Morgan fingerprint density at radius 1 is 1.33 bits per heavy atom. The molecule has 2 aromatic rings. The van der Waals surface area contributed by atoms with E-state index in [1.807, 2.05) is 0 Å². The number of halogens is 1. The molecule has 0 unspecified atom stereocenters. The Labute approximate surface area is 104 Å². The minimum Gasteiger partial charge on any atom is -0.337 e. The van der Waals surface area contributed by atoms with Gasteiger partial charge in [0.2, 0.25) is 11.7 Å². The molecule has 3 rings (SSSR count). The van der Waals surface area contributed by atoms with E-state index in [4.69, 9.17) is 10.3 Å². The Kier molecular flexibility index (Phi) is 2.83. The molecule has 4 nitrogen and oxygen atoms in total. The highest BCUT2D eigenvalue weighted by Gasteiger charge is 2.27. The van der Waals surface area contributed by atoms with Gasteiger partial charge in [-0.3, -0.25) is 0 Å². The van der Waals surface area contributed by atoms with Gasteiger partial charge in [0, 0.05) is 5.56 Å². The number of rotatable bonds is 4. The predicted molar refractivity (Wildman–Crippen MR) is 64.0 cm³/mol. The Bertz CT molecular complexity index is 533. The van der Waals surface area contributed by atoms with Gasteiger partial charge in [-0.25, -0.2) is 4.39 Å². The van der Waals surface area contributed by atoms with Gasteiger partial charge in [0.15, 0.2) is 0 Å². The molecule has 1 saturated carbocycles. The summed E-state index contributed by atoms with van der Waals surface area (Å²) in [6.45, 7) is 0. The van der Waals surface area contributed by atoms with Crippen molar-refractivity contribution in [1.82, 2.24) is 10.1 Å². The highest BCUT2D eigenvalue weighted by atomic mass is 19.1. The summed E-state index contributed by atoms with van der Waals surface area (Å²) in [5.74, 6) is 1.34. The topological polar surface area (TPSA) is 64.9 Å². The number of aromatic nitrogens is 2. The average molecular weight is 247 g/mol. The van der Waals surface area contributed by atoms with Crippen LogP contribution in [0.4, 0.5) is 4.39 Å². The van der Waals surface area contributed by atoms with Gasteiger partial charge in [-0.15, -0.1) is 0 Å². The molecule has 0 bridgehead atoms. The SMILES string of the molecule is N[C@@H](CC1CC1)c1nc(-c2ccc(F)cc2)no1. The molecule has 1 atom stereocenters. The van der Waals surface area contributed by atoms with Crippen molar-refractivity contribution in [3.8, 4) is 11.4 Å². The van der Waals surface area contributed by atoms with Crippen LogP contribution in [0.25, 0.3) is 11.4 Å². The summed E-state index contributed by atoms with van der Waals surface area (Å²) in [4.78, 5) is 4.27. The first kappa shape index (κ1) is 11.3. The smallest absolute Gasteiger partial charge is 0.243 e. The Balaban J connectivity index is 1.77. The maximum atomic E-state index is 12.8. The summed E-state index contributed by atoms with van der Waals surface area (Å²) >= 11 is 0. The third-order valence-electron chi connectivity index (χ3n) is 3.15. The molecule has 1 aromatic carbocycles. The first-order valence-corrected chi connectivity index (χ1v) is 6.07. The van der Waals surface area contributed by atoms with Crippen molar-refractivity contribution in [1.29, 1.82) is 0 Å². The zero-order valence-corrected chi connectivity index (χ0v) is 9.84. The van der Waals surface area contributed by atoms with E-state index in [1.165, 1.54) is 25.0 Å². The van der Waals surface area contributed by atoms with E-state index in [1.54, 1.807) is 12.1 Å². The van der Waals surface area contributed by atoms with Crippen molar-refractivity contribution in [3.05, 3.63) is 36.0 Å². The van der Waals surface area contributed by atoms with Crippen molar-refractivity contribution in [2.45, 2.75) is 25.3 Å². The van der Waals surface area contributed by atoms with Crippen LogP contribution in [-0.2, 0) is 0 Å². The first-order chi connectivity index (χ1) is 8.72. The third kappa shape index (κ3) is 2.41. The molecule has 18 heavy (non-hydrogen) atoms. The predicted octanol–water partition coefficient (Wildman–Crippen LogP) is 2.68. The molecule has 1 aromatic heterocycles. The fourth-order valence-corrected chi connectivity index (χ4v) is 1.92. The van der Waals surface area contributed by atoms with E-state index < -0.39 is 0 Å². The maximum Gasteiger partial charge on any atom is 0.243 e. The van der Waals surface area contributed by atoms with Crippen molar-refractivity contribution in [2.24, 2.45) is 11.7 Å². The number of hydrogen-bond acceptors (Lipinski definition) is 4. The number of hydrogen-bond donors (Lipinski definition) is 1. The fraction of sp³-hybridized carbons (Fsp3) is 0.385. The van der Waals surface area contributed by atoms with E-state index in [9.17, 15) is 4.39 Å². The lowest BCUT2D eigenvalue weighted by Crippen LogP contribution is -2.11. The third-order valence-corrected chi connectivity index (χ3v) is 3.15. The van der Waals surface area contributed by atoms with E-state index in [-0.39, 0.29) is 11.9 Å². The molecule has 0 saturated heterocycles. The van der Waals surface area contributed by atoms with Gasteiger partial charge in [0.1, 0.15) is 5.82 Å². The Hall–Kier alpha value is -1.75. The molecule has 1 aliphatic carbocycles. The van der Waals surface area contributed by atoms with Gasteiger partial charge >= 0.3 is 0 Å². The maximum absolute atomic E-state index is 12.8. The molecule has 5 heteroatoms. The zero-order valence-electron chi connectivity index (χ0n) is 9.84. The molecule has 1 aliphatic rings. The van der Waals surface area contributed by atoms with E-state index >= 15 is 0 Å². The van der Waals surface area contributed by atoms with Crippen LogP contribution in [0.3, 0.4) is 0 Å². The van der Waals surface area contributed by atoms with Crippen molar-refractivity contribution in [2.75, 3.05) is 0 Å². The van der Waals surface area contributed by atoms with Crippen molar-refractivity contribution in [3.63, 3.8) is 0 Å². The summed E-state index contributed by atoms with van der Waals surface area (Å²) in [5, 5.41) is 3.88. The highest BCUT2D eigenvalue weighted by molar-refractivity contribution is 5.53. The summed E-state index contributed by atoms with van der Waals surface area (Å²) in [5.41, 5.74) is 6.72. The molecule has 1 fully saturated rings. The first-order valence-electron chi connectivity index (χ1n) is 6.07. The van der Waals surface area contributed by atoms with Crippen LogP contribution < -0.4 is 5.73 Å². The molecule has 94 valence electrons. The summed E-state index contributed by atoms with van der Waals surface area (Å²) in [7, 11) is 0. The molecular formula is C13H14FN3O. The van der Waals surface area contributed by atoms with Gasteiger partial charge in [-0.2, -0.15) is 4.98 Å². The molecular weight excluding hydrogens is 233 g/mol. The van der Waals surface area contributed by atoms with Crippen LogP contribution in [0.15, 0.2) is 28.8 Å². The molecule has 0 amide bonds. The Morgan fingerprint density at radius 3 is 2.72 bits per heavy atom. The lowest BCUT2D eigenvalue weighted by atomic mass is 10.1. The molecule has 0 radical (unpaired) electrons. The van der Waals surface area contributed by atoms with Gasteiger partial charge in [-0.1, -0.05) is 18.0 Å². The number of nitrogens with two attached hydrogens (primary N) is 1. The van der Waals surface area contributed by atoms with E-state index in [0.29, 0.717) is 17.6 Å². The zero-order chi connectivity index (χ0) is 12.5. The van der Waals surface area contributed by atoms with Crippen LogP contribution in [0.1, 0.15) is 31.2 Å². The number of benzene rings is 1. The molecule has 0 aliphatic heterocycles. The minimum atomic E-state index is -0.284. The highest BCUT2D eigenvalue weighted by Crippen LogP contribution is 2.36. The number of nitrogens with zero attached hydrogens (tertiary/aromatic N) is 2. The van der Waals surface area contributed by atoms with Gasteiger partial charge in [0.25, 0.3) is 0 Å². The molecule has 0 spiro atoms. The second-order valence-electron chi connectivity index (χ2n) is 4.75. The lowest BCUT2D eigenvalue weighted by molar-refractivity contribution is 0.344. The van der Waals surface area contributed by atoms with Crippen LogP contribution in [0.5, 0.6) is 0 Å². The van der Waals surface area contributed by atoms with Crippen molar-refractivity contribution >= 4 is 0 Å². The van der Waals surface area contributed by atoms with Crippen LogP contribution in [-0.4, -0.2) is 10.1 Å². The average Bonchev–Trinajstić information content (AvgIpc) is 3.04. The second kappa shape index (κ2) is 4.49. The Morgan fingerprint density at radius 2 is 2.06 bits per heavy atom. The van der Waals surface area contributed by atoms with Crippen LogP contribution in [0, 0.1) is 11.7 Å². The monoisotopic (exact) mass is 247 g/mol. The van der Waals surface area contributed by atoms with Crippen LogP contribution >= 0.6 is 0 Å². The molecule has 1 heterocycles. The van der Waals surface area contributed by atoms with Crippen LogP contribution in [0.2, 0.25) is 0 Å². The second-order valence-corrected chi connectivity index (χ2v) is 4.75. The lowest BCUT2D eigenvalue weighted by Gasteiger charge is -2.03. The minimum absolute atomic E-state index is 0.195. The van der Waals surface area contributed by atoms with Gasteiger partial charge < -0.3 is 10.3 Å².